The maximum absolute atomic E-state index is 6.07. The second-order valence-electron chi connectivity index (χ2n) is 8.12. The molecule has 0 heterocycles. The lowest BCUT2D eigenvalue weighted by molar-refractivity contribution is 0.213. The molecule has 33 heavy (non-hydrogen) atoms. The Labute approximate surface area is 199 Å². The molecule has 0 radical (unpaired) electrons. The molecule has 0 aliphatic rings. The van der Waals surface area contributed by atoms with Gasteiger partial charge >= 0.3 is 0 Å². The average molecular weight is 454 g/mol. The highest BCUT2D eigenvalue weighted by molar-refractivity contribution is 5.98. The van der Waals surface area contributed by atoms with E-state index < -0.39 is 0 Å². The molecule has 180 valence electrons. The summed E-state index contributed by atoms with van der Waals surface area (Å²) in [6.45, 7) is 10.1. The molecule has 0 aliphatic heterocycles. The minimum atomic E-state index is 0.593. The Morgan fingerprint density at radius 2 is 1.52 bits per heavy atom. The minimum Gasteiger partial charge on any atom is -0.494 e. The summed E-state index contributed by atoms with van der Waals surface area (Å²) >= 11 is 0. The van der Waals surface area contributed by atoms with Gasteiger partial charge in [-0.2, -0.15) is 0 Å². The summed E-state index contributed by atoms with van der Waals surface area (Å²) in [7, 11) is 1.55. The average Bonchev–Trinajstić information content (AvgIpc) is 2.80. The van der Waals surface area contributed by atoms with Crippen LogP contribution in [0.1, 0.15) is 62.6 Å². The Morgan fingerprint density at radius 1 is 0.848 bits per heavy atom. The van der Waals surface area contributed by atoms with Crippen LogP contribution in [-0.4, -0.2) is 32.6 Å². The summed E-state index contributed by atoms with van der Waals surface area (Å²) in [5.41, 5.74) is 4.09. The van der Waals surface area contributed by atoms with Crippen molar-refractivity contribution in [3.8, 4) is 17.2 Å². The summed E-state index contributed by atoms with van der Waals surface area (Å²) in [5, 5.41) is 3.97. The van der Waals surface area contributed by atoms with Crippen LogP contribution in [0.3, 0.4) is 0 Å². The van der Waals surface area contributed by atoms with Crippen LogP contribution in [-0.2, 0) is 4.84 Å². The summed E-state index contributed by atoms with van der Waals surface area (Å²) in [6.07, 6.45) is 9.58. The van der Waals surface area contributed by atoms with Crippen molar-refractivity contribution in [2.75, 3.05) is 26.9 Å². The lowest BCUT2D eigenvalue weighted by Gasteiger charge is -2.14. The molecule has 5 heteroatoms. The molecule has 0 fully saturated rings. The monoisotopic (exact) mass is 453 g/mol. The lowest BCUT2D eigenvalue weighted by Crippen LogP contribution is -2.02. The number of aryl methyl sites for hydroxylation is 2. The van der Waals surface area contributed by atoms with E-state index in [9.17, 15) is 0 Å². The fraction of sp³-hybridized carbons (Fsp3) is 0.464. The van der Waals surface area contributed by atoms with Crippen LogP contribution in [0.4, 0.5) is 0 Å². The fourth-order valence-corrected chi connectivity index (χ4v) is 3.56. The zero-order chi connectivity index (χ0) is 23.9. The SMILES string of the molecule is C/C=C/COc1cc(C)c(OCCCCCCCOc2cccc(/C(C)=N/OC)c2)c(C)c1. The first kappa shape index (κ1) is 26.3. The second kappa shape index (κ2) is 15.0. The molecular weight excluding hydrogens is 414 g/mol. The predicted molar refractivity (Wildman–Crippen MR) is 136 cm³/mol. The van der Waals surface area contributed by atoms with Crippen LogP contribution in [0.5, 0.6) is 17.2 Å². The quantitative estimate of drug-likeness (QED) is 0.126. The zero-order valence-corrected chi connectivity index (χ0v) is 20.9. The van der Waals surface area contributed by atoms with Crippen LogP contribution >= 0.6 is 0 Å². The number of oxime groups is 1. The highest BCUT2D eigenvalue weighted by Crippen LogP contribution is 2.28. The van der Waals surface area contributed by atoms with E-state index >= 15 is 0 Å². The van der Waals surface area contributed by atoms with Crippen molar-refractivity contribution in [2.45, 2.75) is 59.8 Å². The molecule has 0 saturated carbocycles. The van der Waals surface area contributed by atoms with Gasteiger partial charge in [0.05, 0.1) is 18.9 Å². The van der Waals surface area contributed by atoms with E-state index in [4.69, 9.17) is 19.0 Å². The third-order valence-electron chi connectivity index (χ3n) is 5.30. The third kappa shape index (κ3) is 9.60. The van der Waals surface area contributed by atoms with E-state index in [-0.39, 0.29) is 0 Å². The normalized spacial score (nSPS) is 11.6. The molecule has 0 N–H and O–H groups in total. The largest absolute Gasteiger partial charge is 0.494 e. The van der Waals surface area contributed by atoms with Gasteiger partial charge in [0.15, 0.2) is 0 Å². The van der Waals surface area contributed by atoms with Crippen molar-refractivity contribution in [3.63, 3.8) is 0 Å². The number of ether oxygens (including phenoxy) is 3. The van der Waals surface area contributed by atoms with E-state index in [2.05, 4.69) is 19.0 Å². The Hall–Kier alpha value is -2.95. The van der Waals surface area contributed by atoms with E-state index in [1.165, 1.54) is 6.42 Å². The van der Waals surface area contributed by atoms with Gasteiger partial charge in [-0.05, 0) is 75.9 Å². The van der Waals surface area contributed by atoms with Crippen LogP contribution in [0.2, 0.25) is 0 Å². The van der Waals surface area contributed by atoms with Crippen molar-refractivity contribution >= 4 is 5.71 Å². The maximum atomic E-state index is 6.07. The topological polar surface area (TPSA) is 49.3 Å². The first-order valence-electron chi connectivity index (χ1n) is 11.8. The standard InChI is InChI=1S/C28H39NO4/c1-6-7-16-32-27-19-22(2)28(23(3)20-27)33-18-12-10-8-9-11-17-31-26-15-13-14-25(21-26)24(4)29-30-5/h6-7,13-15,19-21H,8-12,16-18H2,1-5H3/b7-6+,29-24+. The Morgan fingerprint density at radius 3 is 2.18 bits per heavy atom. The lowest BCUT2D eigenvalue weighted by atomic mass is 10.1. The molecule has 5 nitrogen and oxygen atoms in total. The second-order valence-corrected chi connectivity index (χ2v) is 8.12. The van der Waals surface area contributed by atoms with Gasteiger partial charge in [0.1, 0.15) is 31.0 Å². The first-order chi connectivity index (χ1) is 16.0. The van der Waals surface area contributed by atoms with E-state index in [1.807, 2.05) is 62.4 Å². The van der Waals surface area contributed by atoms with Crippen molar-refractivity contribution < 1.29 is 19.0 Å². The molecule has 0 saturated heterocycles. The van der Waals surface area contributed by atoms with E-state index in [0.717, 1.165) is 78.5 Å². The Bertz CT molecular complexity index is 882. The number of unbranched alkanes of at least 4 members (excludes halogenated alkanes) is 4. The molecule has 0 amide bonds. The molecule has 0 unspecified atom stereocenters. The zero-order valence-electron chi connectivity index (χ0n) is 20.9. The van der Waals surface area contributed by atoms with Gasteiger partial charge in [-0.25, -0.2) is 0 Å². The van der Waals surface area contributed by atoms with Gasteiger partial charge in [0.25, 0.3) is 0 Å². The number of rotatable bonds is 15. The van der Waals surface area contributed by atoms with Crippen LogP contribution in [0, 0.1) is 13.8 Å². The first-order valence-corrected chi connectivity index (χ1v) is 11.8. The van der Waals surface area contributed by atoms with Crippen LogP contribution in [0.15, 0.2) is 53.7 Å². The fourth-order valence-electron chi connectivity index (χ4n) is 3.56. The molecule has 0 aromatic heterocycles. The highest BCUT2D eigenvalue weighted by Gasteiger charge is 2.07. The van der Waals surface area contributed by atoms with Crippen molar-refractivity contribution in [1.29, 1.82) is 0 Å². The molecular formula is C28H39NO4. The maximum Gasteiger partial charge on any atom is 0.125 e. The minimum absolute atomic E-state index is 0.593. The number of allylic oxidation sites excluding steroid dienone is 1. The summed E-state index contributed by atoms with van der Waals surface area (Å²) in [4.78, 5) is 4.84. The Kier molecular flexibility index (Phi) is 11.9. The van der Waals surface area contributed by atoms with E-state index in [0.29, 0.717) is 6.61 Å². The van der Waals surface area contributed by atoms with Gasteiger partial charge in [-0.1, -0.05) is 48.7 Å². The van der Waals surface area contributed by atoms with Gasteiger partial charge < -0.3 is 19.0 Å². The molecule has 0 aliphatic carbocycles. The molecule has 2 aromatic rings. The number of hydrogen-bond donors (Lipinski definition) is 0. The molecule has 2 rings (SSSR count). The number of hydrogen-bond acceptors (Lipinski definition) is 5. The van der Waals surface area contributed by atoms with Gasteiger partial charge in [-0.15, -0.1) is 0 Å². The van der Waals surface area contributed by atoms with Gasteiger partial charge in [0, 0.05) is 5.56 Å². The van der Waals surface area contributed by atoms with Crippen molar-refractivity contribution in [1.82, 2.24) is 0 Å². The molecule has 2 aromatic carbocycles. The number of nitrogens with zero attached hydrogens (tertiary/aromatic N) is 1. The van der Waals surface area contributed by atoms with Crippen molar-refractivity contribution in [3.05, 3.63) is 65.2 Å². The van der Waals surface area contributed by atoms with E-state index in [1.54, 1.807) is 7.11 Å². The van der Waals surface area contributed by atoms with Gasteiger partial charge in [-0.3, -0.25) is 0 Å². The Balaban J connectivity index is 1.60. The van der Waals surface area contributed by atoms with Crippen LogP contribution in [0.25, 0.3) is 0 Å². The van der Waals surface area contributed by atoms with Gasteiger partial charge in [0.2, 0.25) is 0 Å². The molecule has 0 spiro atoms. The molecule has 0 atom stereocenters. The predicted octanol–water partition coefficient (Wildman–Crippen LogP) is 7.04. The third-order valence-corrected chi connectivity index (χ3v) is 5.30. The smallest absolute Gasteiger partial charge is 0.125 e. The van der Waals surface area contributed by atoms with Crippen molar-refractivity contribution in [2.24, 2.45) is 5.16 Å². The number of benzene rings is 2. The highest BCUT2D eigenvalue weighted by atomic mass is 16.6. The van der Waals surface area contributed by atoms with Crippen LogP contribution < -0.4 is 14.2 Å². The molecule has 0 bridgehead atoms. The summed E-state index contributed by atoms with van der Waals surface area (Å²) in [5.74, 6) is 2.74. The summed E-state index contributed by atoms with van der Waals surface area (Å²) < 4.78 is 17.7. The summed E-state index contributed by atoms with van der Waals surface area (Å²) in [6, 6.07) is 12.1.